The Kier molecular flexibility index (Phi) is 9.44. The monoisotopic (exact) mass is 458 g/mol. The molecule has 0 bridgehead atoms. The van der Waals surface area contributed by atoms with Crippen LogP contribution < -0.4 is 0 Å². The molecular weight excluding hydrogens is 440 g/mol. The molecule has 2 unspecified atom stereocenters. The van der Waals surface area contributed by atoms with E-state index in [-0.39, 0.29) is 0 Å². The molecule has 0 aliphatic rings. The van der Waals surface area contributed by atoms with E-state index >= 15 is 0 Å². The molecule has 0 fully saturated rings. The number of aliphatic hydroxyl groups is 2. The molecule has 14 heteroatoms. The normalized spacial score (nSPS) is 15.1. The fourth-order valence-corrected chi connectivity index (χ4v) is 1.95. The van der Waals surface area contributed by atoms with Crippen LogP contribution in [-0.2, 0) is 19.1 Å². The van der Waals surface area contributed by atoms with Crippen LogP contribution in [0.4, 0.5) is 35.1 Å². The highest BCUT2D eigenvalue weighted by atomic mass is 19.4. The lowest BCUT2D eigenvalue weighted by atomic mass is 9.92. The summed E-state index contributed by atoms with van der Waals surface area (Å²) >= 11 is 0. The number of carbonyl (C=O) groups is 2. The van der Waals surface area contributed by atoms with Gasteiger partial charge in [0.25, 0.3) is 0 Å². The Hall–Kier alpha value is -2.22. The summed E-state index contributed by atoms with van der Waals surface area (Å²) in [6.07, 6.45) is -9.04. The number of aliphatic hydroxyl groups excluding tert-OH is 2. The van der Waals surface area contributed by atoms with Crippen molar-refractivity contribution in [1.29, 1.82) is 0 Å². The zero-order valence-electron chi connectivity index (χ0n) is 15.1. The number of hydrogen-bond acceptors (Lipinski definition) is 6. The largest absolute Gasteiger partial charge is 0.460 e. The smallest absolute Gasteiger partial charge is 0.378 e. The Balaban J connectivity index is 5.56. The zero-order chi connectivity index (χ0) is 24.0. The quantitative estimate of drug-likeness (QED) is 0.250. The minimum atomic E-state index is -6.71. The Labute approximate surface area is 164 Å². The summed E-state index contributed by atoms with van der Waals surface area (Å²) in [4.78, 5) is 21.6. The lowest BCUT2D eigenvalue weighted by Gasteiger charge is -2.38. The molecule has 0 rings (SSSR count). The maximum atomic E-state index is 13.8. The molecule has 174 valence electrons. The Morgan fingerprint density at radius 2 is 1.30 bits per heavy atom. The molecule has 0 spiro atoms. The molecule has 0 amide bonds. The second-order valence-electron chi connectivity index (χ2n) is 5.90. The first-order chi connectivity index (χ1) is 13.5. The minimum Gasteiger partial charge on any atom is -0.460 e. The van der Waals surface area contributed by atoms with Crippen LogP contribution >= 0.6 is 0 Å². The number of carbonyl (C=O) groups excluding carboxylic acids is 2. The van der Waals surface area contributed by atoms with Crippen molar-refractivity contribution in [1.82, 2.24) is 0 Å². The summed E-state index contributed by atoms with van der Waals surface area (Å²) in [5.74, 6) is -27.9. The van der Waals surface area contributed by atoms with Gasteiger partial charge in [0.15, 0.2) is 0 Å². The second kappa shape index (κ2) is 10.2. The molecule has 0 aromatic heterocycles. The highest BCUT2D eigenvalue weighted by molar-refractivity contribution is 5.81. The molecule has 0 aromatic rings. The molecule has 6 nitrogen and oxygen atoms in total. The van der Waals surface area contributed by atoms with Crippen LogP contribution in [0.15, 0.2) is 25.3 Å². The Morgan fingerprint density at radius 3 is 1.70 bits per heavy atom. The lowest BCUT2D eigenvalue weighted by Crippen LogP contribution is -2.63. The van der Waals surface area contributed by atoms with E-state index < -0.39 is 73.9 Å². The highest BCUT2D eigenvalue weighted by Gasteiger charge is 2.80. The molecular formula is C16H18F8O6. The lowest BCUT2D eigenvalue weighted by molar-refractivity contribution is -0.372. The number of rotatable bonds is 13. The second-order valence-corrected chi connectivity index (χ2v) is 5.90. The average molecular weight is 458 g/mol. The van der Waals surface area contributed by atoms with Crippen molar-refractivity contribution in [2.45, 2.75) is 48.7 Å². The van der Waals surface area contributed by atoms with Gasteiger partial charge in [-0.1, -0.05) is 13.2 Å². The summed E-state index contributed by atoms with van der Waals surface area (Å²) in [5.41, 5.74) is 0. The van der Waals surface area contributed by atoms with Crippen molar-refractivity contribution >= 4 is 11.9 Å². The van der Waals surface area contributed by atoms with Gasteiger partial charge in [0, 0.05) is 18.6 Å². The molecule has 2 N–H and O–H groups in total. The van der Waals surface area contributed by atoms with E-state index in [1.54, 1.807) is 0 Å². The summed E-state index contributed by atoms with van der Waals surface area (Å²) in [6.45, 7) is 2.91. The van der Waals surface area contributed by atoms with Gasteiger partial charge in [-0.3, -0.25) is 0 Å². The third-order valence-electron chi connectivity index (χ3n) is 3.53. The van der Waals surface area contributed by atoms with Crippen molar-refractivity contribution in [3.05, 3.63) is 25.3 Å². The fourth-order valence-electron chi connectivity index (χ4n) is 1.95. The maximum absolute atomic E-state index is 13.8. The summed E-state index contributed by atoms with van der Waals surface area (Å²) in [6, 6.07) is 0. The van der Waals surface area contributed by atoms with Crippen molar-refractivity contribution in [2.75, 3.05) is 13.2 Å². The van der Waals surface area contributed by atoms with E-state index in [2.05, 4.69) is 22.6 Å². The Bertz CT molecular complexity index is 637. The molecule has 0 saturated carbocycles. The topological polar surface area (TPSA) is 93.1 Å². The van der Waals surface area contributed by atoms with E-state index in [0.29, 0.717) is 12.2 Å². The molecule has 0 aliphatic carbocycles. The van der Waals surface area contributed by atoms with E-state index in [0.717, 1.165) is 0 Å². The van der Waals surface area contributed by atoms with Crippen LogP contribution in [0, 0.1) is 0 Å². The van der Waals surface area contributed by atoms with Crippen LogP contribution in [0.2, 0.25) is 0 Å². The maximum Gasteiger partial charge on any atom is 0.378 e. The van der Waals surface area contributed by atoms with Gasteiger partial charge < -0.3 is 19.7 Å². The molecule has 30 heavy (non-hydrogen) atoms. The first kappa shape index (κ1) is 27.8. The van der Waals surface area contributed by atoms with Gasteiger partial charge in [-0.25, -0.2) is 9.59 Å². The van der Waals surface area contributed by atoms with Crippen LogP contribution in [0.3, 0.4) is 0 Å². The Morgan fingerprint density at radius 1 is 0.867 bits per heavy atom. The molecule has 0 radical (unpaired) electrons. The third-order valence-corrected chi connectivity index (χ3v) is 3.53. The van der Waals surface area contributed by atoms with Crippen LogP contribution in [-0.4, -0.2) is 71.3 Å². The van der Waals surface area contributed by atoms with Gasteiger partial charge in [-0.2, -0.15) is 35.1 Å². The van der Waals surface area contributed by atoms with Crippen LogP contribution in [0.25, 0.3) is 0 Å². The molecule has 0 aromatic carbocycles. The van der Waals surface area contributed by atoms with Gasteiger partial charge in [-0.05, 0) is 0 Å². The van der Waals surface area contributed by atoms with Gasteiger partial charge >= 0.3 is 35.6 Å². The van der Waals surface area contributed by atoms with Crippen LogP contribution in [0.1, 0.15) is 12.8 Å². The van der Waals surface area contributed by atoms with E-state index in [1.807, 2.05) is 0 Å². The number of esters is 2. The SMILES string of the molecule is C=CC(=O)OCC(O)CC(F)(F)C(F)(F)C(F)(F)C(F)(F)CC(CO)OC(=O)C=C. The summed E-state index contributed by atoms with van der Waals surface area (Å²) in [5, 5.41) is 18.0. The molecule has 0 saturated heterocycles. The fraction of sp³-hybridized carbons (Fsp3) is 0.625. The first-order valence-corrected chi connectivity index (χ1v) is 7.91. The highest BCUT2D eigenvalue weighted by Crippen LogP contribution is 2.55. The molecule has 2 atom stereocenters. The third kappa shape index (κ3) is 6.39. The van der Waals surface area contributed by atoms with Crippen LogP contribution in [0.5, 0.6) is 0 Å². The predicted molar refractivity (Wildman–Crippen MR) is 83.3 cm³/mol. The van der Waals surface area contributed by atoms with Crippen molar-refractivity contribution < 1.29 is 64.4 Å². The van der Waals surface area contributed by atoms with Gasteiger partial charge in [0.05, 0.1) is 19.1 Å². The number of alkyl halides is 8. The number of hydrogen-bond donors (Lipinski definition) is 2. The van der Waals surface area contributed by atoms with Gasteiger partial charge in [-0.15, -0.1) is 0 Å². The first-order valence-electron chi connectivity index (χ1n) is 7.91. The summed E-state index contributed by atoms with van der Waals surface area (Å²) < 4.78 is 118. The van der Waals surface area contributed by atoms with Gasteiger partial charge in [0.1, 0.15) is 12.7 Å². The average Bonchev–Trinajstić information content (AvgIpc) is 2.64. The zero-order valence-corrected chi connectivity index (χ0v) is 15.1. The number of ether oxygens (including phenoxy) is 2. The van der Waals surface area contributed by atoms with Crippen molar-refractivity contribution in [3.63, 3.8) is 0 Å². The van der Waals surface area contributed by atoms with E-state index in [9.17, 15) is 49.8 Å². The minimum absolute atomic E-state index is 0.391. The predicted octanol–water partition coefficient (Wildman–Crippen LogP) is 2.49. The standard InChI is InChI=1S/C16H18F8O6/c1-3-11(27)29-8-9(26)5-13(17,18)15(21,22)16(23,24)14(19,20)6-10(7-25)30-12(28)4-2/h3-4,9-10,25-26H,1-2,5-8H2. The molecule has 0 heterocycles. The van der Waals surface area contributed by atoms with Gasteiger partial charge in [0.2, 0.25) is 0 Å². The van der Waals surface area contributed by atoms with E-state index in [4.69, 9.17) is 5.11 Å². The van der Waals surface area contributed by atoms with E-state index in [1.165, 1.54) is 0 Å². The van der Waals surface area contributed by atoms with Crippen molar-refractivity contribution in [2.24, 2.45) is 0 Å². The number of halogens is 8. The molecule has 0 aliphatic heterocycles. The van der Waals surface area contributed by atoms with Crippen molar-refractivity contribution in [3.8, 4) is 0 Å². The summed E-state index contributed by atoms with van der Waals surface area (Å²) in [7, 11) is 0.